The summed E-state index contributed by atoms with van der Waals surface area (Å²) in [4.78, 5) is 17.1. The molecule has 98 valence electrons. The molecule has 0 amide bonds. The molecule has 1 aromatic rings. The van der Waals surface area contributed by atoms with Crippen LogP contribution in [-0.2, 0) is 0 Å². The van der Waals surface area contributed by atoms with Gasteiger partial charge in [0.25, 0.3) is 0 Å². The number of rotatable bonds is 4. The second kappa shape index (κ2) is 5.82. The Balaban J connectivity index is 2.20. The van der Waals surface area contributed by atoms with Crippen molar-refractivity contribution in [2.24, 2.45) is 0 Å². The second-order valence-corrected chi connectivity index (χ2v) is 4.47. The van der Waals surface area contributed by atoms with Gasteiger partial charge in [-0.3, -0.25) is 0 Å². The number of carboxylic acid groups (broad SMARTS) is 1. The lowest BCUT2D eigenvalue weighted by molar-refractivity contribution is 0.0690. The number of piperidine rings is 1. The van der Waals surface area contributed by atoms with Gasteiger partial charge in [0.1, 0.15) is 5.69 Å². The predicted octanol–water partition coefficient (Wildman–Crippen LogP) is 1.36. The molecular weight excluding hydrogens is 230 g/mol. The van der Waals surface area contributed by atoms with Gasteiger partial charge in [-0.25, -0.2) is 9.78 Å². The Morgan fingerprint density at radius 3 is 2.89 bits per heavy atom. The highest BCUT2D eigenvalue weighted by Gasteiger charge is 2.20. The van der Waals surface area contributed by atoms with Crippen LogP contribution in [0.15, 0.2) is 18.3 Å². The standard InChI is InChI=1S/C13H19N3O2/c1-2-16(10-3-6-14-7-4-10)11-5-8-15-12(9-11)13(17)18/h5,8-10,14H,2-4,6-7H2,1H3,(H,17,18). The predicted molar refractivity (Wildman–Crippen MR) is 70.1 cm³/mol. The van der Waals surface area contributed by atoms with Gasteiger partial charge in [-0.15, -0.1) is 0 Å². The van der Waals surface area contributed by atoms with Crippen LogP contribution in [0.1, 0.15) is 30.3 Å². The number of pyridine rings is 1. The summed E-state index contributed by atoms with van der Waals surface area (Å²) in [5.41, 5.74) is 1.07. The van der Waals surface area contributed by atoms with E-state index < -0.39 is 5.97 Å². The highest BCUT2D eigenvalue weighted by molar-refractivity contribution is 5.86. The van der Waals surface area contributed by atoms with E-state index in [2.05, 4.69) is 22.1 Å². The number of nitrogens with one attached hydrogen (secondary N) is 1. The summed E-state index contributed by atoms with van der Waals surface area (Å²) in [5.74, 6) is -0.974. The van der Waals surface area contributed by atoms with Crippen molar-refractivity contribution in [3.8, 4) is 0 Å². The van der Waals surface area contributed by atoms with Crippen LogP contribution in [0.4, 0.5) is 5.69 Å². The molecule has 5 heteroatoms. The van der Waals surface area contributed by atoms with Crippen LogP contribution < -0.4 is 10.2 Å². The maximum Gasteiger partial charge on any atom is 0.354 e. The summed E-state index contributed by atoms with van der Waals surface area (Å²) < 4.78 is 0. The first-order chi connectivity index (χ1) is 8.72. The highest BCUT2D eigenvalue weighted by Crippen LogP contribution is 2.21. The normalized spacial score (nSPS) is 16.5. The molecule has 0 bridgehead atoms. The molecule has 2 rings (SSSR count). The minimum absolute atomic E-state index is 0.111. The highest BCUT2D eigenvalue weighted by atomic mass is 16.4. The van der Waals surface area contributed by atoms with Gasteiger partial charge in [-0.05, 0) is 45.0 Å². The fourth-order valence-corrected chi connectivity index (χ4v) is 2.48. The van der Waals surface area contributed by atoms with E-state index in [1.165, 1.54) is 0 Å². The van der Waals surface area contributed by atoms with Crippen molar-refractivity contribution < 1.29 is 9.90 Å². The third-order valence-corrected chi connectivity index (χ3v) is 3.38. The van der Waals surface area contributed by atoms with E-state index in [9.17, 15) is 4.79 Å². The summed E-state index contributed by atoms with van der Waals surface area (Å²) >= 11 is 0. The SMILES string of the molecule is CCN(c1ccnc(C(=O)O)c1)C1CCNCC1. The number of anilines is 1. The number of aromatic carboxylic acids is 1. The van der Waals surface area contributed by atoms with Crippen LogP contribution in [0.3, 0.4) is 0 Å². The van der Waals surface area contributed by atoms with Crippen molar-refractivity contribution >= 4 is 11.7 Å². The average molecular weight is 249 g/mol. The molecule has 1 aliphatic heterocycles. The molecule has 0 spiro atoms. The topological polar surface area (TPSA) is 65.5 Å². The molecule has 1 aromatic heterocycles. The van der Waals surface area contributed by atoms with E-state index in [4.69, 9.17) is 5.11 Å². The van der Waals surface area contributed by atoms with E-state index in [1.807, 2.05) is 6.07 Å². The minimum Gasteiger partial charge on any atom is -0.477 e. The van der Waals surface area contributed by atoms with Crippen molar-refractivity contribution in [3.05, 3.63) is 24.0 Å². The third-order valence-electron chi connectivity index (χ3n) is 3.38. The number of hydrogen-bond acceptors (Lipinski definition) is 4. The number of aromatic nitrogens is 1. The number of carbonyl (C=O) groups is 1. The molecular formula is C13H19N3O2. The van der Waals surface area contributed by atoms with Crippen molar-refractivity contribution in [1.82, 2.24) is 10.3 Å². The smallest absolute Gasteiger partial charge is 0.354 e. The molecule has 1 aliphatic rings. The number of carboxylic acids is 1. The van der Waals surface area contributed by atoms with Gasteiger partial charge in [0, 0.05) is 24.5 Å². The van der Waals surface area contributed by atoms with Crippen LogP contribution in [0, 0.1) is 0 Å². The molecule has 0 radical (unpaired) electrons. The van der Waals surface area contributed by atoms with Gasteiger partial charge < -0.3 is 15.3 Å². The van der Waals surface area contributed by atoms with Gasteiger partial charge in [0.2, 0.25) is 0 Å². The van der Waals surface area contributed by atoms with E-state index in [0.717, 1.165) is 38.2 Å². The maximum atomic E-state index is 10.9. The molecule has 0 unspecified atom stereocenters. The first-order valence-electron chi connectivity index (χ1n) is 6.39. The lowest BCUT2D eigenvalue weighted by Crippen LogP contribution is -2.43. The lowest BCUT2D eigenvalue weighted by atomic mass is 10.0. The van der Waals surface area contributed by atoms with Gasteiger partial charge in [0.15, 0.2) is 0 Å². The summed E-state index contributed by atoms with van der Waals surface area (Å²) in [6.07, 6.45) is 3.76. The van der Waals surface area contributed by atoms with Crippen molar-refractivity contribution in [3.63, 3.8) is 0 Å². The summed E-state index contributed by atoms with van der Waals surface area (Å²) in [5, 5.41) is 12.3. The van der Waals surface area contributed by atoms with Crippen molar-refractivity contribution in [2.45, 2.75) is 25.8 Å². The van der Waals surface area contributed by atoms with Gasteiger partial charge in [0.05, 0.1) is 0 Å². The number of nitrogens with zero attached hydrogens (tertiary/aromatic N) is 2. The second-order valence-electron chi connectivity index (χ2n) is 4.47. The fraction of sp³-hybridized carbons (Fsp3) is 0.538. The monoisotopic (exact) mass is 249 g/mol. The van der Waals surface area contributed by atoms with E-state index in [-0.39, 0.29) is 5.69 Å². The van der Waals surface area contributed by atoms with E-state index >= 15 is 0 Å². The van der Waals surface area contributed by atoms with Crippen molar-refractivity contribution in [2.75, 3.05) is 24.5 Å². The Bertz CT molecular complexity index is 416. The Hall–Kier alpha value is -1.62. The molecule has 2 N–H and O–H groups in total. The molecule has 0 atom stereocenters. The molecule has 1 saturated heterocycles. The molecule has 0 aliphatic carbocycles. The first kappa shape index (κ1) is 12.8. The lowest BCUT2D eigenvalue weighted by Gasteiger charge is -2.35. The summed E-state index contributed by atoms with van der Waals surface area (Å²) in [6, 6.07) is 4.03. The Kier molecular flexibility index (Phi) is 4.15. The van der Waals surface area contributed by atoms with Crippen LogP contribution in [0.5, 0.6) is 0 Å². The molecule has 1 fully saturated rings. The Morgan fingerprint density at radius 1 is 1.56 bits per heavy atom. The maximum absolute atomic E-state index is 10.9. The molecule has 18 heavy (non-hydrogen) atoms. The van der Waals surface area contributed by atoms with Gasteiger partial charge in [-0.2, -0.15) is 0 Å². The van der Waals surface area contributed by atoms with Gasteiger partial charge in [-0.1, -0.05) is 0 Å². The van der Waals surface area contributed by atoms with Crippen molar-refractivity contribution in [1.29, 1.82) is 0 Å². The molecule has 2 heterocycles. The zero-order chi connectivity index (χ0) is 13.0. The van der Waals surface area contributed by atoms with Crippen LogP contribution >= 0.6 is 0 Å². The zero-order valence-electron chi connectivity index (χ0n) is 10.6. The minimum atomic E-state index is -0.974. The number of hydrogen-bond donors (Lipinski definition) is 2. The largest absolute Gasteiger partial charge is 0.477 e. The van der Waals surface area contributed by atoms with E-state index in [1.54, 1.807) is 12.3 Å². The van der Waals surface area contributed by atoms with Crippen LogP contribution in [0.25, 0.3) is 0 Å². The zero-order valence-corrected chi connectivity index (χ0v) is 10.6. The quantitative estimate of drug-likeness (QED) is 0.843. The summed E-state index contributed by atoms with van der Waals surface area (Å²) in [6.45, 7) is 5.03. The van der Waals surface area contributed by atoms with Crippen LogP contribution in [-0.4, -0.2) is 41.7 Å². The molecule has 0 saturated carbocycles. The van der Waals surface area contributed by atoms with Gasteiger partial charge >= 0.3 is 5.97 Å². The third kappa shape index (κ3) is 2.79. The average Bonchev–Trinajstić information content (AvgIpc) is 2.41. The van der Waals surface area contributed by atoms with E-state index in [0.29, 0.717) is 6.04 Å². The molecule has 0 aromatic carbocycles. The first-order valence-corrected chi connectivity index (χ1v) is 6.39. The molecule has 5 nitrogen and oxygen atoms in total. The Labute approximate surface area is 107 Å². The summed E-state index contributed by atoms with van der Waals surface area (Å²) in [7, 11) is 0. The fourth-order valence-electron chi connectivity index (χ4n) is 2.48. The van der Waals surface area contributed by atoms with Crippen LogP contribution in [0.2, 0.25) is 0 Å². The Morgan fingerprint density at radius 2 is 2.28 bits per heavy atom.